The Kier molecular flexibility index (Phi) is 6.66. The Bertz CT molecular complexity index is 3580. The van der Waals surface area contributed by atoms with Gasteiger partial charge in [-0.05, 0) is 105 Å². The van der Waals surface area contributed by atoms with E-state index in [4.69, 9.17) is 4.98 Å². The highest BCUT2D eigenvalue weighted by atomic mass is 14.7. The van der Waals surface area contributed by atoms with Crippen molar-refractivity contribution in [3.8, 4) is 33.5 Å². The van der Waals surface area contributed by atoms with Gasteiger partial charge in [0, 0.05) is 22.5 Å². The van der Waals surface area contributed by atoms with Crippen molar-refractivity contribution in [2.45, 2.75) is 0 Å². The standard InChI is InChI=1S/C54H32N2/c1-2-13-40-39(12-1)38(33-21-23-34(24-22-33)50-30-27-36-26-25-35-11-9-31-55-53(35)54(36)56-50)28-29-45(40)49-32-37-10-7-18-46-43-16-5-3-14-41(43)42-15-4-6-17-44(42)47-19-8-20-48(49)52(47)51(37)46/h1-32H. The van der Waals surface area contributed by atoms with E-state index in [1.165, 1.54) is 86.9 Å². The number of aromatic nitrogens is 2. The molecule has 0 aliphatic heterocycles. The molecule has 0 spiro atoms. The lowest BCUT2D eigenvalue weighted by Crippen LogP contribution is -1.91. The van der Waals surface area contributed by atoms with Crippen LogP contribution in [0.2, 0.25) is 0 Å². The number of rotatable bonds is 3. The third-order valence-electron chi connectivity index (χ3n) is 11.9. The first-order valence-electron chi connectivity index (χ1n) is 19.2. The molecule has 2 heterocycles. The fraction of sp³-hybridized carbons (Fsp3) is 0. The number of fused-ring (bicyclic) bond motifs is 9. The zero-order valence-corrected chi connectivity index (χ0v) is 30.4. The second-order valence-corrected chi connectivity index (χ2v) is 14.8. The van der Waals surface area contributed by atoms with Crippen LogP contribution in [0.5, 0.6) is 0 Å². The van der Waals surface area contributed by atoms with Gasteiger partial charge in [-0.15, -0.1) is 0 Å². The molecule has 0 aliphatic carbocycles. The molecule has 0 saturated heterocycles. The molecular formula is C54H32N2. The lowest BCUT2D eigenvalue weighted by Gasteiger charge is -2.18. The molecule has 0 saturated carbocycles. The van der Waals surface area contributed by atoms with Crippen LogP contribution in [0, 0.1) is 0 Å². The maximum Gasteiger partial charge on any atom is 0.0972 e. The van der Waals surface area contributed by atoms with Gasteiger partial charge < -0.3 is 0 Å². The molecule has 0 aliphatic rings. The van der Waals surface area contributed by atoms with E-state index >= 15 is 0 Å². The normalized spacial score (nSPS) is 11.9. The zero-order chi connectivity index (χ0) is 36.7. The molecule has 0 bridgehead atoms. The lowest BCUT2D eigenvalue weighted by molar-refractivity contribution is 1.37. The van der Waals surface area contributed by atoms with E-state index in [2.05, 4.69) is 187 Å². The molecule has 2 nitrogen and oxygen atoms in total. The summed E-state index contributed by atoms with van der Waals surface area (Å²) in [7, 11) is 0. The van der Waals surface area contributed by atoms with E-state index in [-0.39, 0.29) is 0 Å². The summed E-state index contributed by atoms with van der Waals surface area (Å²) in [6.45, 7) is 0. The maximum absolute atomic E-state index is 5.11. The van der Waals surface area contributed by atoms with Gasteiger partial charge in [0.2, 0.25) is 0 Å². The van der Waals surface area contributed by atoms with Gasteiger partial charge in [0.05, 0.1) is 16.7 Å². The lowest BCUT2D eigenvalue weighted by atomic mass is 9.85. The summed E-state index contributed by atoms with van der Waals surface area (Å²) >= 11 is 0. The Morgan fingerprint density at radius 3 is 1.54 bits per heavy atom. The van der Waals surface area contributed by atoms with Gasteiger partial charge in [-0.25, -0.2) is 4.98 Å². The molecule has 0 amide bonds. The van der Waals surface area contributed by atoms with Gasteiger partial charge in [0.1, 0.15) is 0 Å². The van der Waals surface area contributed by atoms with Gasteiger partial charge >= 0.3 is 0 Å². The Labute approximate surface area is 322 Å². The van der Waals surface area contributed by atoms with Crippen LogP contribution >= 0.6 is 0 Å². The summed E-state index contributed by atoms with van der Waals surface area (Å²) in [5, 5.41) is 17.5. The summed E-state index contributed by atoms with van der Waals surface area (Å²) in [5.74, 6) is 0. The van der Waals surface area contributed by atoms with Crippen LogP contribution < -0.4 is 0 Å². The fourth-order valence-corrected chi connectivity index (χ4v) is 9.32. The Balaban J connectivity index is 1.05. The van der Waals surface area contributed by atoms with Crippen molar-refractivity contribution in [3.05, 3.63) is 194 Å². The van der Waals surface area contributed by atoms with Crippen molar-refractivity contribution in [3.63, 3.8) is 0 Å². The largest absolute Gasteiger partial charge is 0.254 e. The smallest absolute Gasteiger partial charge is 0.0972 e. The number of benzene rings is 9. The quantitative estimate of drug-likeness (QED) is 0.171. The average molecular weight is 709 g/mol. The molecule has 10 aromatic carbocycles. The van der Waals surface area contributed by atoms with Crippen molar-refractivity contribution in [2.75, 3.05) is 0 Å². The van der Waals surface area contributed by atoms with Gasteiger partial charge in [0.15, 0.2) is 0 Å². The molecule has 258 valence electrons. The van der Waals surface area contributed by atoms with E-state index in [9.17, 15) is 0 Å². The first kappa shape index (κ1) is 31.0. The molecule has 0 atom stereocenters. The van der Waals surface area contributed by atoms with E-state index < -0.39 is 0 Å². The zero-order valence-electron chi connectivity index (χ0n) is 30.4. The van der Waals surface area contributed by atoms with Crippen molar-refractivity contribution in [2.24, 2.45) is 0 Å². The number of nitrogens with zero attached hydrogens (tertiary/aromatic N) is 2. The molecule has 12 aromatic rings. The monoisotopic (exact) mass is 708 g/mol. The molecular weight excluding hydrogens is 677 g/mol. The topological polar surface area (TPSA) is 25.8 Å². The summed E-state index contributed by atoms with van der Waals surface area (Å²) in [4.78, 5) is 9.77. The van der Waals surface area contributed by atoms with Crippen molar-refractivity contribution >= 4 is 86.4 Å². The van der Waals surface area contributed by atoms with E-state index in [0.717, 1.165) is 33.1 Å². The van der Waals surface area contributed by atoms with Gasteiger partial charge in [-0.2, -0.15) is 0 Å². The van der Waals surface area contributed by atoms with Crippen LogP contribution in [0.15, 0.2) is 194 Å². The van der Waals surface area contributed by atoms with Crippen molar-refractivity contribution in [1.29, 1.82) is 0 Å². The molecule has 12 rings (SSSR count). The van der Waals surface area contributed by atoms with Crippen LogP contribution in [-0.2, 0) is 0 Å². The molecule has 2 heteroatoms. The highest BCUT2D eigenvalue weighted by molar-refractivity contribution is 6.34. The third kappa shape index (κ3) is 4.57. The van der Waals surface area contributed by atoms with E-state index in [0.29, 0.717) is 0 Å². The Morgan fingerprint density at radius 2 is 0.804 bits per heavy atom. The Morgan fingerprint density at radius 1 is 0.286 bits per heavy atom. The van der Waals surface area contributed by atoms with Crippen molar-refractivity contribution in [1.82, 2.24) is 9.97 Å². The molecule has 0 radical (unpaired) electrons. The van der Waals surface area contributed by atoms with Crippen LogP contribution in [0.4, 0.5) is 0 Å². The molecule has 0 unspecified atom stereocenters. The van der Waals surface area contributed by atoms with Gasteiger partial charge in [0.25, 0.3) is 0 Å². The maximum atomic E-state index is 5.11. The van der Waals surface area contributed by atoms with Crippen LogP contribution in [0.25, 0.3) is 120 Å². The number of hydrogen-bond acceptors (Lipinski definition) is 2. The molecule has 0 fully saturated rings. The minimum absolute atomic E-state index is 0.932. The first-order chi connectivity index (χ1) is 27.8. The predicted octanol–water partition coefficient (Wildman–Crippen LogP) is 14.7. The molecule has 2 aromatic heterocycles. The van der Waals surface area contributed by atoms with E-state index in [1.54, 1.807) is 0 Å². The minimum Gasteiger partial charge on any atom is -0.254 e. The second kappa shape index (κ2) is 12.0. The molecule has 0 N–H and O–H groups in total. The molecule has 56 heavy (non-hydrogen) atoms. The summed E-state index contributed by atoms with van der Waals surface area (Å²) < 4.78 is 0. The van der Waals surface area contributed by atoms with Crippen LogP contribution in [-0.4, -0.2) is 9.97 Å². The van der Waals surface area contributed by atoms with Gasteiger partial charge in [-0.3, -0.25) is 4.98 Å². The number of pyridine rings is 2. The third-order valence-corrected chi connectivity index (χ3v) is 11.9. The summed E-state index contributed by atoms with van der Waals surface area (Å²) in [6.07, 6.45) is 1.84. The van der Waals surface area contributed by atoms with Crippen LogP contribution in [0.3, 0.4) is 0 Å². The van der Waals surface area contributed by atoms with Crippen LogP contribution in [0.1, 0.15) is 0 Å². The Hall–Kier alpha value is -7.42. The predicted molar refractivity (Wildman–Crippen MR) is 238 cm³/mol. The average Bonchev–Trinajstić information content (AvgIpc) is 3.27. The SMILES string of the molecule is c1cnc2c(c1)ccc1ccc(-c3ccc(-c4ccc(-c5cc6cccc7c8ccccc8c8ccccc8c8cccc5c8c67)c5ccccc45)cc3)nc12. The van der Waals surface area contributed by atoms with Crippen molar-refractivity contribution < 1.29 is 0 Å². The highest BCUT2D eigenvalue weighted by Crippen LogP contribution is 2.45. The number of hydrogen-bond donors (Lipinski definition) is 0. The first-order valence-corrected chi connectivity index (χ1v) is 19.2. The highest BCUT2D eigenvalue weighted by Gasteiger charge is 2.18. The van der Waals surface area contributed by atoms with Gasteiger partial charge in [-0.1, -0.05) is 170 Å². The summed E-state index contributed by atoms with van der Waals surface area (Å²) in [6, 6.07) is 68.8. The fourth-order valence-electron chi connectivity index (χ4n) is 9.32. The summed E-state index contributed by atoms with van der Waals surface area (Å²) in [5.41, 5.74) is 8.77. The van der Waals surface area contributed by atoms with E-state index in [1.807, 2.05) is 12.3 Å². The minimum atomic E-state index is 0.932. The second-order valence-electron chi connectivity index (χ2n) is 14.8.